The molecule has 7 heteroatoms. The second-order valence-electron chi connectivity index (χ2n) is 7.26. The van der Waals surface area contributed by atoms with E-state index in [1.807, 2.05) is 60.4 Å². The zero-order chi connectivity index (χ0) is 20.2. The molecule has 0 radical (unpaired) electrons. The fraction of sp³-hybridized carbons (Fsp3) is 0.273. The van der Waals surface area contributed by atoms with Crippen LogP contribution in [0.25, 0.3) is 0 Å². The van der Waals surface area contributed by atoms with Crippen LogP contribution in [0.4, 0.5) is 0 Å². The second kappa shape index (κ2) is 8.26. The Kier molecular flexibility index (Phi) is 5.37. The van der Waals surface area contributed by atoms with Crippen LogP contribution < -0.4 is 5.32 Å². The Morgan fingerprint density at radius 2 is 2.03 bits per heavy atom. The molecule has 0 bridgehead atoms. The molecule has 1 atom stereocenters. The average Bonchev–Trinajstić information content (AvgIpc) is 3.34. The molecule has 0 saturated carbocycles. The standard InChI is InChI=1S/C22H22N4O3/c1-15-6-5-9-17(10-15)22(28)23-12-19-24-21(25-29-19)18-11-20(27)26(14-18)13-16-7-3-2-4-8-16/h2-10,18H,11-14H2,1H3,(H,23,28)/t18-/m0/s1. The Morgan fingerprint density at radius 3 is 2.83 bits per heavy atom. The molecule has 0 aliphatic carbocycles. The third kappa shape index (κ3) is 4.51. The molecule has 2 amide bonds. The van der Waals surface area contributed by atoms with E-state index in [2.05, 4.69) is 15.5 Å². The van der Waals surface area contributed by atoms with Crippen molar-refractivity contribution in [3.63, 3.8) is 0 Å². The van der Waals surface area contributed by atoms with E-state index < -0.39 is 0 Å². The first-order chi connectivity index (χ1) is 14.1. The van der Waals surface area contributed by atoms with Crippen LogP contribution in [-0.2, 0) is 17.9 Å². The molecule has 148 valence electrons. The van der Waals surface area contributed by atoms with Gasteiger partial charge in [0.15, 0.2) is 5.82 Å². The number of aryl methyl sites for hydroxylation is 1. The van der Waals surface area contributed by atoms with Gasteiger partial charge >= 0.3 is 0 Å². The van der Waals surface area contributed by atoms with Gasteiger partial charge in [-0.05, 0) is 24.6 Å². The van der Waals surface area contributed by atoms with Crippen LogP contribution in [0.2, 0.25) is 0 Å². The molecule has 1 fully saturated rings. The van der Waals surface area contributed by atoms with Crippen molar-refractivity contribution in [2.24, 2.45) is 0 Å². The summed E-state index contributed by atoms with van der Waals surface area (Å²) in [6.07, 6.45) is 0.363. The second-order valence-corrected chi connectivity index (χ2v) is 7.26. The summed E-state index contributed by atoms with van der Waals surface area (Å²) in [6.45, 7) is 3.22. The van der Waals surface area contributed by atoms with Crippen LogP contribution in [0.3, 0.4) is 0 Å². The van der Waals surface area contributed by atoms with Crippen LogP contribution >= 0.6 is 0 Å². The number of nitrogens with one attached hydrogen (secondary N) is 1. The summed E-state index contributed by atoms with van der Waals surface area (Å²) in [7, 11) is 0. The normalized spacial score (nSPS) is 16.2. The number of aromatic nitrogens is 2. The molecule has 1 aromatic heterocycles. The van der Waals surface area contributed by atoms with Gasteiger partial charge in [-0.15, -0.1) is 0 Å². The molecular formula is C22H22N4O3. The van der Waals surface area contributed by atoms with E-state index >= 15 is 0 Å². The third-order valence-corrected chi connectivity index (χ3v) is 4.96. The van der Waals surface area contributed by atoms with E-state index in [4.69, 9.17) is 4.52 Å². The van der Waals surface area contributed by atoms with Crippen molar-refractivity contribution in [1.29, 1.82) is 0 Å². The lowest BCUT2D eigenvalue weighted by Crippen LogP contribution is -2.24. The van der Waals surface area contributed by atoms with Crippen molar-refractivity contribution in [3.05, 3.63) is 83.0 Å². The van der Waals surface area contributed by atoms with E-state index in [9.17, 15) is 9.59 Å². The van der Waals surface area contributed by atoms with Gasteiger partial charge in [0.1, 0.15) is 0 Å². The maximum absolute atomic E-state index is 12.4. The highest BCUT2D eigenvalue weighted by atomic mass is 16.5. The van der Waals surface area contributed by atoms with Crippen LogP contribution in [-0.4, -0.2) is 33.4 Å². The monoisotopic (exact) mass is 390 g/mol. The molecule has 3 aromatic rings. The molecule has 7 nitrogen and oxygen atoms in total. The van der Waals surface area contributed by atoms with Gasteiger partial charge in [0.25, 0.3) is 5.91 Å². The Balaban J connectivity index is 1.34. The van der Waals surface area contributed by atoms with Gasteiger partial charge in [-0.1, -0.05) is 53.2 Å². The van der Waals surface area contributed by atoms with Crippen molar-refractivity contribution in [1.82, 2.24) is 20.4 Å². The van der Waals surface area contributed by atoms with Crippen LogP contribution in [0, 0.1) is 6.92 Å². The smallest absolute Gasteiger partial charge is 0.251 e. The summed E-state index contributed by atoms with van der Waals surface area (Å²) in [5.41, 5.74) is 2.69. The lowest BCUT2D eigenvalue weighted by Gasteiger charge is -2.15. The summed E-state index contributed by atoms with van der Waals surface area (Å²) < 4.78 is 5.27. The average molecular weight is 390 g/mol. The Labute approximate surface area is 168 Å². The van der Waals surface area contributed by atoms with Crippen molar-refractivity contribution in [2.75, 3.05) is 6.54 Å². The quantitative estimate of drug-likeness (QED) is 0.699. The number of likely N-dealkylation sites (tertiary alicyclic amines) is 1. The van der Waals surface area contributed by atoms with Gasteiger partial charge in [0, 0.05) is 31.0 Å². The molecular weight excluding hydrogens is 368 g/mol. The minimum atomic E-state index is -0.196. The van der Waals surface area contributed by atoms with Crippen molar-refractivity contribution in [3.8, 4) is 0 Å². The highest BCUT2D eigenvalue weighted by molar-refractivity contribution is 5.94. The number of amides is 2. The summed E-state index contributed by atoms with van der Waals surface area (Å²) in [4.78, 5) is 30.8. The van der Waals surface area contributed by atoms with Crippen LogP contribution in [0.1, 0.15) is 45.5 Å². The topological polar surface area (TPSA) is 88.3 Å². The largest absolute Gasteiger partial charge is 0.343 e. The van der Waals surface area contributed by atoms with Gasteiger partial charge in [-0.25, -0.2) is 0 Å². The van der Waals surface area contributed by atoms with Crippen molar-refractivity contribution < 1.29 is 14.1 Å². The zero-order valence-electron chi connectivity index (χ0n) is 16.2. The van der Waals surface area contributed by atoms with Crippen LogP contribution in [0.15, 0.2) is 59.1 Å². The zero-order valence-corrected chi connectivity index (χ0v) is 16.2. The molecule has 1 saturated heterocycles. The highest BCUT2D eigenvalue weighted by Gasteiger charge is 2.33. The van der Waals surface area contributed by atoms with E-state index in [0.717, 1.165) is 11.1 Å². The number of rotatable bonds is 6. The molecule has 2 aromatic carbocycles. The molecule has 2 heterocycles. The summed E-state index contributed by atoms with van der Waals surface area (Å²) in [5, 5.41) is 6.81. The predicted octanol–water partition coefficient (Wildman–Crippen LogP) is 2.82. The van der Waals surface area contributed by atoms with E-state index in [-0.39, 0.29) is 24.3 Å². The molecule has 0 unspecified atom stereocenters. The fourth-order valence-corrected chi connectivity index (χ4v) is 3.45. The molecule has 4 rings (SSSR count). The molecule has 1 aliphatic rings. The SMILES string of the molecule is Cc1cccc(C(=O)NCc2nc([C@H]3CC(=O)N(Cc4ccccc4)C3)no2)c1. The first kappa shape index (κ1) is 18.9. The number of carbonyl (C=O) groups is 2. The maximum Gasteiger partial charge on any atom is 0.251 e. The first-order valence-electron chi connectivity index (χ1n) is 9.57. The Morgan fingerprint density at radius 1 is 1.21 bits per heavy atom. The number of hydrogen-bond acceptors (Lipinski definition) is 5. The summed E-state index contributed by atoms with van der Waals surface area (Å²) in [5.74, 6) is 0.622. The molecule has 29 heavy (non-hydrogen) atoms. The van der Waals surface area contributed by atoms with Gasteiger partial charge in [0.2, 0.25) is 11.8 Å². The number of nitrogens with zero attached hydrogens (tertiary/aromatic N) is 3. The number of carbonyl (C=O) groups excluding carboxylic acids is 2. The minimum absolute atomic E-state index is 0.0814. The third-order valence-electron chi connectivity index (χ3n) is 4.96. The lowest BCUT2D eigenvalue weighted by atomic mass is 10.1. The lowest BCUT2D eigenvalue weighted by molar-refractivity contribution is -0.128. The van der Waals surface area contributed by atoms with Gasteiger partial charge in [-0.3, -0.25) is 9.59 Å². The minimum Gasteiger partial charge on any atom is -0.343 e. The van der Waals surface area contributed by atoms with E-state index in [1.165, 1.54) is 0 Å². The number of benzene rings is 2. The molecule has 0 spiro atoms. The van der Waals surface area contributed by atoms with Gasteiger partial charge in [0.05, 0.1) is 6.54 Å². The van der Waals surface area contributed by atoms with E-state index in [1.54, 1.807) is 6.07 Å². The molecule has 1 N–H and O–H groups in total. The van der Waals surface area contributed by atoms with Crippen molar-refractivity contribution >= 4 is 11.8 Å². The Hall–Kier alpha value is -3.48. The molecule has 1 aliphatic heterocycles. The predicted molar refractivity (Wildman–Crippen MR) is 106 cm³/mol. The van der Waals surface area contributed by atoms with Gasteiger partial charge < -0.3 is 14.7 Å². The van der Waals surface area contributed by atoms with Gasteiger partial charge in [-0.2, -0.15) is 4.98 Å². The first-order valence-corrected chi connectivity index (χ1v) is 9.57. The summed E-state index contributed by atoms with van der Waals surface area (Å²) >= 11 is 0. The highest BCUT2D eigenvalue weighted by Crippen LogP contribution is 2.27. The van der Waals surface area contributed by atoms with Crippen LogP contribution in [0.5, 0.6) is 0 Å². The number of hydrogen-bond donors (Lipinski definition) is 1. The summed E-state index contributed by atoms with van der Waals surface area (Å²) in [6, 6.07) is 17.2. The fourth-order valence-electron chi connectivity index (χ4n) is 3.45. The Bertz CT molecular complexity index is 1020. The van der Waals surface area contributed by atoms with Crippen molar-refractivity contribution in [2.45, 2.75) is 32.4 Å². The maximum atomic E-state index is 12.4. The van der Waals surface area contributed by atoms with E-state index in [0.29, 0.717) is 36.8 Å².